The van der Waals surface area contributed by atoms with Crippen LogP contribution in [0.3, 0.4) is 0 Å². The maximum atomic E-state index is 11.8. The Morgan fingerprint density at radius 3 is 2.59 bits per heavy atom. The second-order valence-electron chi connectivity index (χ2n) is 6.14. The smallest absolute Gasteiger partial charge is 0.315 e. The number of unbranched alkanes of at least 4 members (excludes halogenated alkanes) is 2. The minimum absolute atomic E-state index is 0.00221. The molecule has 0 aromatic heterocycles. The Labute approximate surface area is 134 Å². The molecule has 0 aliphatic carbocycles. The molecule has 0 atom stereocenters. The molecule has 1 saturated heterocycles. The number of urea groups is 1. The van der Waals surface area contributed by atoms with Gasteiger partial charge in [0.05, 0.1) is 0 Å². The van der Waals surface area contributed by atoms with Gasteiger partial charge in [-0.25, -0.2) is 4.79 Å². The highest BCUT2D eigenvalue weighted by atomic mass is 16.2. The van der Waals surface area contributed by atoms with Gasteiger partial charge in [0.25, 0.3) is 0 Å². The molecule has 0 unspecified atom stereocenters. The molecule has 2 rings (SSSR count). The molecule has 1 heterocycles. The van der Waals surface area contributed by atoms with Crippen molar-refractivity contribution in [3.63, 3.8) is 0 Å². The molecule has 0 spiro atoms. The number of carbonyl (C=O) groups excluding carboxylic acids is 1. The van der Waals surface area contributed by atoms with Crippen LogP contribution in [0.15, 0.2) is 30.3 Å². The molecule has 2 N–H and O–H groups in total. The first-order valence-electron chi connectivity index (χ1n) is 8.58. The lowest BCUT2D eigenvalue weighted by atomic mass is 10.0. The summed E-state index contributed by atoms with van der Waals surface area (Å²) in [5.41, 5.74) is 1.36. The molecule has 22 heavy (non-hydrogen) atoms. The van der Waals surface area contributed by atoms with Gasteiger partial charge in [0.2, 0.25) is 0 Å². The van der Waals surface area contributed by atoms with E-state index in [-0.39, 0.29) is 6.03 Å². The number of hydrogen-bond donors (Lipinski definition) is 2. The Hall–Kier alpha value is -1.55. The number of nitrogens with one attached hydrogen (secondary N) is 2. The third kappa shape index (κ3) is 6.06. The first-order valence-corrected chi connectivity index (χ1v) is 8.58. The van der Waals surface area contributed by atoms with Gasteiger partial charge in [0.1, 0.15) is 0 Å². The highest BCUT2D eigenvalue weighted by molar-refractivity contribution is 5.74. The molecule has 4 heteroatoms. The number of likely N-dealkylation sites (tertiary alicyclic amines) is 1. The number of hydrogen-bond acceptors (Lipinski definition) is 2. The Balaban J connectivity index is 1.61. The van der Waals surface area contributed by atoms with Crippen molar-refractivity contribution < 1.29 is 4.79 Å². The first kappa shape index (κ1) is 16.8. The van der Waals surface area contributed by atoms with Crippen LogP contribution < -0.4 is 10.6 Å². The summed E-state index contributed by atoms with van der Waals surface area (Å²) in [6.07, 6.45) is 5.51. The lowest BCUT2D eigenvalue weighted by Gasteiger charge is -2.32. The van der Waals surface area contributed by atoms with E-state index in [1.807, 2.05) is 0 Å². The first-order chi connectivity index (χ1) is 10.8. The number of benzene rings is 1. The standard InChI is InChI=1S/C18H29N3O/c1-2-3-7-12-19-18(22)20-17-10-13-21(14-11-17)15-16-8-5-4-6-9-16/h4-6,8-9,17H,2-3,7,10-15H2,1H3,(H2,19,20,22). The summed E-state index contributed by atoms with van der Waals surface area (Å²) in [6.45, 7) is 6.07. The quantitative estimate of drug-likeness (QED) is 0.760. The summed E-state index contributed by atoms with van der Waals surface area (Å²) in [4.78, 5) is 14.3. The van der Waals surface area contributed by atoms with E-state index in [1.165, 1.54) is 18.4 Å². The summed E-state index contributed by atoms with van der Waals surface area (Å²) in [5, 5.41) is 6.06. The van der Waals surface area contributed by atoms with E-state index in [4.69, 9.17) is 0 Å². The lowest BCUT2D eigenvalue weighted by molar-refractivity contribution is 0.186. The van der Waals surface area contributed by atoms with Crippen LogP contribution in [0.2, 0.25) is 0 Å². The van der Waals surface area contributed by atoms with Crippen molar-refractivity contribution in [2.24, 2.45) is 0 Å². The Kier molecular flexibility index (Phi) is 7.23. The average Bonchev–Trinajstić information content (AvgIpc) is 2.54. The SMILES string of the molecule is CCCCCNC(=O)NC1CCN(Cc2ccccc2)CC1. The third-order valence-electron chi connectivity index (χ3n) is 4.24. The molecule has 1 aromatic rings. The highest BCUT2D eigenvalue weighted by Gasteiger charge is 2.20. The molecule has 2 amide bonds. The van der Waals surface area contributed by atoms with E-state index in [0.717, 1.165) is 45.4 Å². The van der Waals surface area contributed by atoms with E-state index >= 15 is 0 Å². The second kappa shape index (κ2) is 9.46. The van der Waals surface area contributed by atoms with Gasteiger partial charge in [-0.3, -0.25) is 4.90 Å². The number of nitrogens with zero attached hydrogens (tertiary/aromatic N) is 1. The zero-order valence-corrected chi connectivity index (χ0v) is 13.7. The van der Waals surface area contributed by atoms with Gasteiger partial charge in [0, 0.05) is 32.2 Å². The molecule has 1 fully saturated rings. The summed E-state index contributed by atoms with van der Waals surface area (Å²) < 4.78 is 0. The Morgan fingerprint density at radius 1 is 1.18 bits per heavy atom. The van der Waals surface area contributed by atoms with Crippen molar-refractivity contribution in [2.45, 2.75) is 51.6 Å². The molecule has 0 saturated carbocycles. The summed E-state index contributed by atoms with van der Waals surface area (Å²) in [5.74, 6) is 0. The molecular formula is C18H29N3O. The van der Waals surface area contributed by atoms with Crippen LogP contribution in [0.25, 0.3) is 0 Å². The molecule has 4 nitrogen and oxygen atoms in total. The zero-order chi connectivity index (χ0) is 15.6. The van der Waals surface area contributed by atoms with Crippen LogP contribution in [0.5, 0.6) is 0 Å². The molecule has 0 bridgehead atoms. The van der Waals surface area contributed by atoms with Crippen LogP contribution in [-0.4, -0.2) is 36.6 Å². The minimum Gasteiger partial charge on any atom is -0.338 e. The van der Waals surface area contributed by atoms with Gasteiger partial charge in [-0.15, -0.1) is 0 Å². The van der Waals surface area contributed by atoms with Crippen molar-refractivity contribution in [2.75, 3.05) is 19.6 Å². The monoisotopic (exact) mass is 303 g/mol. The maximum Gasteiger partial charge on any atom is 0.315 e. The second-order valence-corrected chi connectivity index (χ2v) is 6.14. The predicted molar refractivity (Wildman–Crippen MR) is 90.8 cm³/mol. The summed E-state index contributed by atoms with van der Waals surface area (Å²) in [6, 6.07) is 10.9. The molecule has 1 aromatic carbocycles. The van der Waals surface area contributed by atoms with Crippen LogP contribution in [0, 0.1) is 0 Å². The number of amides is 2. The number of rotatable bonds is 7. The van der Waals surface area contributed by atoms with Crippen LogP contribution in [-0.2, 0) is 6.54 Å². The van der Waals surface area contributed by atoms with E-state index in [1.54, 1.807) is 0 Å². The zero-order valence-electron chi connectivity index (χ0n) is 13.7. The summed E-state index contributed by atoms with van der Waals surface area (Å²) in [7, 11) is 0. The van der Waals surface area contributed by atoms with Crippen LogP contribution >= 0.6 is 0 Å². The van der Waals surface area contributed by atoms with Gasteiger partial charge in [-0.1, -0.05) is 50.1 Å². The third-order valence-corrected chi connectivity index (χ3v) is 4.24. The Bertz CT molecular complexity index is 427. The fourth-order valence-corrected chi connectivity index (χ4v) is 2.89. The van der Waals surface area contributed by atoms with Gasteiger partial charge in [0.15, 0.2) is 0 Å². The predicted octanol–water partition coefficient (Wildman–Crippen LogP) is 3.14. The molecular weight excluding hydrogens is 274 g/mol. The highest BCUT2D eigenvalue weighted by Crippen LogP contribution is 2.13. The minimum atomic E-state index is -0.00221. The van der Waals surface area contributed by atoms with E-state index < -0.39 is 0 Å². The summed E-state index contributed by atoms with van der Waals surface area (Å²) >= 11 is 0. The van der Waals surface area contributed by atoms with E-state index in [2.05, 4.69) is 52.8 Å². The van der Waals surface area contributed by atoms with Gasteiger partial charge in [-0.2, -0.15) is 0 Å². The Morgan fingerprint density at radius 2 is 1.91 bits per heavy atom. The van der Waals surface area contributed by atoms with Gasteiger partial charge in [-0.05, 0) is 24.8 Å². The van der Waals surface area contributed by atoms with Crippen LogP contribution in [0.4, 0.5) is 4.79 Å². The van der Waals surface area contributed by atoms with Gasteiger partial charge < -0.3 is 10.6 Å². The molecule has 1 aliphatic heterocycles. The number of carbonyl (C=O) groups is 1. The molecule has 122 valence electrons. The van der Waals surface area contributed by atoms with Crippen molar-refractivity contribution in [3.05, 3.63) is 35.9 Å². The van der Waals surface area contributed by atoms with Crippen LogP contribution in [0.1, 0.15) is 44.6 Å². The average molecular weight is 303 g/mol. The normalized spacial score (nSPS) is 16.4. The fraction of sp³-hybridized carbons (Fsp3) is 0.611. The fourth-order valence-electron chi connectivity index (χ4n) is 2.89. The topological polar surface area (TPSA) is 44.4 Å². The largest absolute Gasteiger partial charge is 0.338 e. The van der Waals surface area contributed by atoms with Crippen molar-refractivity contribution in [1.29, 1.82) is 0 Å². The van der Waals surface area contributed by atoms with Crippen molar-refractivity contribution in [1.82, 2.24) is 15.5 Å². The van der Waals surface area contributed by atoms with Crippen molar-refractivity contribution >= 4 is 6.03 Å². The van der Waals surface area contributed by atoms with Crippen molar-refractivity contribution in [3.8, 4) is 0 Å². The molecule has 0 radical (unpaired) electrons. The number of piperidine rings is 1. The molecule has 1 aliphatic rings. The van der Waals surface area contributed by atoms with Gasteiger partial charge >= 0.3 is 6.03 Å². The maximum absolute atomic E-state index is 11.8. The lowest BCUT2D eigenvalue weighted by Crippen LogP contribution is -2.47. The van der Waals surface area contributed by atoms with E-state index in [9.17, 15) is 4.79 Å². The van der Waals surface area contributed by atoms with E-state index in [0.29, 0.717) is 6.04 Å².